The standard InChI is InChI=1S/C13H20FN3.HI/c1-3-4-7-16-13(15)17-9-11-6-5-10(2)12(14)8-11;/h5-6,8H,3-4,7,9H2,1-2H3,(H3,15,16,17);1H. The fraction of sp³-hybridized carbons (Fsp3) is 0.462. The van der Waals surface area contributed by atoms with Crippen LogP contribution in [0.2, 0.25) is 0 Å². The minimum Gasteiger partial charge on any atom is -0.370 e. The lowest BCUT2D eigenvalue weighted by Crippen LogP contribution is -2.32. The summed E-state index contributed by atoms with van der Waals surface area (Å²) in [6.07, 6.45) is 2.18. The van der Waals surface area contributed by atoms with Crippen LogP contribution in [0.25, 0.3) is 0 Å². The Balaban J connectivity index is 0.00000289. The van der Waals surface area contributed by atoms with Crippen LogP contribution in [-0.4, -0.2) is 12.5 Å². The van der Waals surface area contributed by atoms with Crippen molar-refractivity contribution in [2.75, 3.05) is 6.54 Å². The van der Waals surface area contributed by atoms with Crippen molar-refractivity contribution in [3.63, 3.8) is 0 Å². The first kappa shape index (κ1) is 17.2. The summed E-state index contributed by atoms with van der Waals surface area (Å²) in [7, 11) is 0. The number of nitrogens with zero attached hydrogens (tertiary/aromatic N) is 1. The molecule has 0 atom stereocenters. The van der Waals surface area contributed by atoms with Gasteiger partial charge in [-0.1, -0.05) is 25.5 Å². The van der Waals surface area contributed by atoms with E-state index in [4.69, 9.17) is 5.73 Å². The Labute approximate surface area is 125 Å². The third-order valence-corrected chi connectivity index (χ3v) is 2.50. The van der Waals surface area contributed by atoms with Gasteiger partial charge in [-0.2, -0.15) is 0 Å². The maximum absolute atomic E-state index is 13.3. The summed E-state index contributed by atoms with van der Waals surface area (Å²) >= 11 is 0. The monoisotopic (exact) mass is 365 g/mol. The summed E-state index contributed by atoms with van der Waals surface area (Å²) in [6, 6.07) is 5.11. The SMILES string of the molecule is CCCCNC(N)=NCc1ccc(C)c(F)c1.I. The summed E-state index contributed by atoms with van der Waals surface area (Å²) < 4.78 is 13.3. The van der Waals surface area contributed by atoms with E-state index in [1.807, 2.05) is 6.07 Å². The third-order valence-electron chi connectivity index (χ3n) is 2.50. The topological polar surface area (TPSA) is 50.4 Å². The molecule has 3 nitrogen and oxygen atoms in total. The number of aryl methyl sites for hydroxylation is 1. The molecule has 0 aliphatic carbocycles. The molecule has 0 saturated heterocycles. The second-order valence-electron chi connectivity index (χ2n) is 4.07. The molecule has 0 heterocycles. The second-order valence-corrected chi connectivity index (χ2v) is 4.07. The van der Waals surface area contributed by atoms with Gasteiger partial charge in [-0.05, 0) is 30.5 Å². The van der Waals surface area contributed by atoms with Crippen molar-refractivity contribution >= 4 is 29.9 Å². The third kappa shape index (κ3) is 6.18. The molecule has 18 heavy (non-hydrogen) atoms. The van der Waals surface area contributed by atoms with Gasteiger partial charge < -0.3 is 11.1 Å². The molecule has 5 heteroatoms. The first-order valence-corrected chi connectivity index (χ1v) is 5.92. The first-order valence-electron chi connectivity index (χ1n) is 5.92. The molecule has 0 aliphatic heterocycles. The van der Waals surface area contributed by atoms with Gasteiger partial charge in [0.25, 0.3) is 0 Å². The molecule has 0 amide bonds. The van der Waals surface area contributed by atoms with Crippen LogP contribution in [0, 0.1) is 12.7 Å². The highest BCUT2D eigenvalue weighted by molar-refractivity contribution is 14.0. The minimum absolute atomic E-state index is 0. The largest absolute Gasteiger partial charge is 0.370 e. The number of guanidine groups is 1. The highest BCUT2D eigenvalue weighted by Gasteiger charge is 1.99. The number of hydrogen-bond donors (Lipinski definition) is 2. The molecule has 0 aromatic heterocycles. The maximum Gasteiger partial charge on any atom is 0.188 e. The van der Waals surface area contributed by atoms with E-state index in [0.29, 0.717) is 18.1 Å². The Hall–Kier alpha value is -0.850. The zero-order valence-corrected chi connectivity index (χ0v) is 13.2. The molecule has 0 bridgehead atoms. The van der Waals surface area contributed by atoms with E-state index in [9.17, 15) is 4.39 Å². The molecular formula is C13H21FIN3. The van der Waals surface area contributed by atoms with Crippen LogP contribution >= 0.6 is 24.0 Å². The van der Waals surface area contributed by atoms with Crippen molar-refractivity contribution in [1.29, 1.82) is 0 Å². The van der Waals surface area contributed by atoms with Gasteiger partial charge in [0.2, 0.25) is 0 Å². The fourth-order valence-electron chi connectivity index (χ4n) is 1.36. The molecule has 0 aliphatic rings. The molecule has 0 saturated carbocycles. The highest BCUT2D eigenvalue weighted by atomic mass is 127. The number of nitrogens with one attached hydrogen (secondary N) is 1. The lowest BCUT2D eigenvalue weighted by Gasteiger charge is -2.05. The van der Waals surface area contributed by atoms with Crippen molar-refractivity contribution in [3.05, 3.63) is 35.1 Å². The summed E-state index contributed by atoms with van der Waals surface area (Å²) in [5, 5.41) is 3.01. The zero-order chi connectivity index (χ0) is 12.7. The van der Waals surface area contributed by atoms with Crippen molar-refractivity contribution in [2.24, 2.45) is 10.7 Å². The Bertz CT molecular complexity index is 394. The van der Waals surface area contributed by atoms with Crippen molar-refractivity contribution in [2.45, 2.75) is 33.2 Å². The van der Waals surface area contributed by atoms with Gasteiger partial charge >= 0.3 is 0 Å². The quantitative estimate of drug-likeness (QED) is 0.365. The average molecular weight is 365 g/mol. The van der Waals surface area contributed by atoms with Crippen LogP contribution in [0.1, 0.15) is 30.9 Å². The predicted octanol–water partition coefficient (Wildman–Crippen LogP) is 2.96. The van der Waals surface area contributed by atoms with E-state index < -0.39 is 0 Å². The van der Waals surface area contributed by atoms with Crippen LogP contribution in [0.4, 0.5) is 4.39 Å². The van der Waals surface area contributed by atoms with Crippen LogP contribution < -0.4 is 11.1 Å². The summed E-state index contributed by atoms with van der Waals surface area (Å²) in [5.74, 6) is 0.217. The molecule has 1 aromatic rings. The van der Waals surface area contributed by atoms with Gasteiger partial charge in [0, 0.05) is 6.54 Å². The van der Waals surface area contributed by atoms with Crippen molar-refractivity contribution in [1.82, 2.24) is 5.32 Å². The van der Waals surface area contributed by atoms with E-state index in [1.165, 1.54) is 6.07 Å². The van der Waals surface area contributed by atoms with E-state index in [2.05, 4.69) is 17.2 Å². The smallest absolute Gasteiger partial charge is 0.188 e. The van der Waals surface area contributed by atoms with Gasteiger partial charge in [0.15, 0.2) is 5.96 Å². The Morgan fingerprint density at radius 2 is 2.17 bits per heavy atom. The molecule has 0 radical (unpaired) electrons. The molecule has 0 fully saturated rings. The first-order chi connectivity index (χ1) is 8.13. The van der Waals surface area contributed by atoms with E-state index >= 15 is 0 Å². The summed E-state index contributed by atoms with van der Waals surface area (Å²) in [6.45, 7) is 5.09. The highest BCUT2D eigenvalue weighted by Crippen LogP contribution is 2.09. The Morgan fingerprint density at radius 1 is 1.44 bits per heavy atom. The Kier molecular flexibility index (Phi) is 8.70. The van der Waals surface area contributed by atoms with Crippen molar-refractivity contribution < 1.29 is 4.39 Å². The van der Waals surface area contributed by atoms with Gasteiger partial charge in [0.05, 0.1) is 6.54 Å². The summed E-state index contributed by atoms with van der Waals surface area (Å²) in [5.41, 5.74) is 7.15. The fourth-order valence-corrected chi connectivity index (χ4v) is 1.36. The van der Waals surface area contributed by atoms with E-state index in [1.54, 1.807) is 13.0 Å². The maximum atomic E-state index is 13.3. The summed E-state index contributed by atoms with van der Waals surface area (Å²) in [4.78, 5) is 4.15. The zero-order valence-electron chi connectivity index (χ0n) is 10.9. The van der Waals surface area contributed by atoms with Crippen LogP contribution in [0.15, 0.2) is 23.2 Å². The van der Waals surface area contributed by atoms with Gasteiger partial charge in [-0.15, -0.1) is 24.0 Å². The number of aliphatic imine (C=N–C) groups is 1. The average Bonchev–Trinajstić information content (AvgIpc) is 2.31. The number of rotatable bonds is 5. The van der Waals surface area contributed by atoms with Gasteiger partial charge in [-0.25, -0.2) is 9.38 Å². The molecule has 0 spiro atoms. The number of hydrogen-bond acceptors (Lipinski definition) is 1. The number of unbranched alkanes of at least 4 members (excludes halogenated alkanes) is 1. The predicted molar refractivity (Wildman–Crippen MR) is 84.8 cm³/mol. The number of benzene rings is 1. The normalized spacial score (nSPS) is 10.9. The molecule has 3 N–H and O–H groups in total. The Morgan fingerprint density at radius 3 is 2.78 bits per heavy atom. The van der Waals surface area contributed by atoms with E-state index in [0.717, 1.165) is 24.9 Å². The molecule has 0 unspecified atom stereocenters. The molecule has 102 valence electrons. The van der Waals surface area contributed by atoms with Crippen LogP contribution in [0.3, 0.4) is 0 Å². The number of nitrogens with two attached hydrogens (primary N) is 1. The number of halogens is 2. The van der Waals surface area contributed by atoms with E-state index in [-0.39, 0.29) is 29.8 Å². The van der Waals surface area contributed by atoms with Crippen LogP contribution in [-0.2, 0) is 6.54 Å². The van der Waals surface area contributed by atoms with Crippen LogP contribution in [0.5, 0.6) is 0 Å². The lowest BCUT2D eigenvalue weighted by molar-refractivity contribution is 0.616. The molecular weight excluding hydrogens is 344 g/mol. The van der Waals surface area contributed by atoms with Gasteiger partial charge in [0.1, 0.15) is 5.82 Å². The van der Waals surface area contributed by atoms with Crippen molar-refractivity contribution in [3.8, 4) is 0 Å². The molecule has 1 aromatic carbocycles. The van der Waals surface area contributed by atoms with Gasteiger partial charge in [-0.3, -0.25) is 0 Å². The minimum atomic E-state index is -0.199. The lowest BCUT2D eigenvalue weighted by atomic mass is 10.1. The second kappa shape index (κ2) is 9.13. The molecule has 1 rings (SSSR count).